The van der Waals surface area contributed by atoms with Crippen molar-refractivity contribution in [3.63, 3.8) is 0 Å². The third-order valence-corrected chi connectivity index (χ3v) is 2.90. The van der Waals surface area contributed by atoms with Gasteiger partial charge >= 0.3 is 0 Å². The quantitative estimate of drug-likeness (QED) is 0.794. The highest BCUT2D eigenvalue weighted by Crippen LogP contribution is 2.24. The van der Waals surface area contributed by atoms with Crippen molar-refractivity contribution in [2.24, 2.45) is 4.99 Å². The summed E-state index contributed by atoms with van der Waals surface area (Å²) in [6.07, 6.45) is 0. The van der Waals surface area contributed by atoms with Crippen molar-refractivity contribution in [2.75, 3.05) is 6.54 Å². The van der Waals surface area contributed by atoms with Crippen LogP contribution < -0.4 is 5.32 Å². The molecule has 2 N–H and O–H groups in total. The second-order valence-corrected chi connectivity index (χ2v) is 4.15. The zero-order valence-corrected chi connectivity index (χ0v) is 9.90. The molecule has 0 bridgehead atoms. The smallest absolute Gasteiger partial charge is 0.274 e. The molecule has 0 saturated heterocycles. The minimum atomic E-state index is -0.191. The Hall–Kier alpha value is -2.43. The van der Waals surface area contributed by atoms with Crippen molar-refractivity contribution in [3.8, 4) is 0 Å². The normalized spacial score (nSPS) is 14.5. The van der Waals surface area contributed by atoms with Crippen LogP contribution in [-0.4, -0.2) is 28.4 Å². The Balaban J connectivity index is 2.12. The van der Waals surface area contributed by atoms with Gasteiger partial charge in [0, 0.05) is 0 Å². The highest BCUT2D eigenvalue weighted by atomic mass is 16.2. The molecule has 1 amide bonds. The number of nitrogens with one attached hydrogen (secondary N) is 2. The molecule has 1 aliphatic heterocycles. The summed E-state index contributed by atoms with van der Waals surface area (Å²) < 4.78 is 0. The molecule has 0 saturated carbocycles. The van der Waals surface area contributed by atoms with Gasteiger partial charge in [-0.05, 0) is 12.5 Å². The Kier molecular flexibility index (Phi) is 2.44. The van der Waals surface area contributed by atoms with Crippen molar-refractivity contribution in [3.05, 3.63) is 47.3 Å². The van der Waals surface area contributed by atoms with Crippen LogP contribution in [0.5, 0.6) is 0 Å². The summed E-state index contributed by atoms with van der Waals surface area (Å²) in [4.78, 5) is 16.4. The average molecular weight is 240 g/mol. The molecule has 1 aliphatic rings. The molecule has 2 heterocycles. The topological polar surface area (TPSA) is 70.1 Å². The highest BCUT2D eigenvalue weighted by Gasteiger charge is 2.21. The second-order valence-electron chi connectivity index (χ2n) is 4.15. The number of aromatic nitrogens is 2. The minimum Gasteiger partial charge on any atom is -0.345 e. The fraction of sp³-hybridized carbons (Fsp3) is 0.154. The van der Waals surface area contributed by atoms with Crippen LogP contribution in [0.1, 0.15) is 21.7 Å². The van der Waals surface area contributed by atoms with E-state index in [-0.39, 0.29) is 5.91 Å². The lowest BCUT2D eigenvalue weighted by molar-refractivity contribution is 0.0956. The highest BCUT2D eigenvalue weighted by molar-refractivity contribution is 6.10. The van der Waals surface area contributed by atoms with Crippen LogP contribution in [-0.2, 0) is 0 Å². The standard InChI is InChI=1S/C13H12N4O/c1-8-11-12(17-16-8)13(18)14-7-10(15-11)9-5-3-2-4-6-9/h2-6H,7H2,1H3,(H,14,18)(H,16,17). The molecule has 5 nitrogen and oxygen atoms in total. The van der Waals surface area contributed by atoms with E-state index in [1.807, 2.05) is 37.3 Å². The number of hydrogen-bond donors (Lipinski definition) is 2. The van der Waals surface area contributed by atoms with Gasteiger partial charge < -0.3 is 5.32 Å². The molecular weight excluding hydrogens is 228 g/mol. The number of carbonyl (C=O) groups is 1. The van der Waals surface area contributed by atoms with Crippen LogP contribution in [0.2, 0.25) is 0 Å². The summed E-state index contributed by atoms with van der Waals surface area (Å²) in [5.74, 6) is -0.191. The predicted octanol–water partition coefficient (Wildman–Crippen LogP) is 1.58. The van der Waals surface area contributed by atoms with E-state index in [0.29, 0.717) is 17.9 Å². The van der Waals surface area contributed by atoms with Gasteiger partial charge in [0.05, 0.1) is 18.0 Å². The van der Waals surface area contributed by atoms with Crippen molar-refractivity contribution in [2.45, 2.75) is 6.92 Å². The number of fused-ring (bicyclic) bond motifs is 1. The number of nitrogens with zero attached hydrogens (tertiary/aromatic N) is 2. The summed E-state index contributed by atoms with van der Waals surface area (Å²) in [6.45, 7) is 2.27. The molecule has 0 atom stereocenters. The monoisotopic (exact) mass is 240 g/mol. The first kappa shape index (κ1) is 10.7. The first-order chi connectivity index (χ1) is 8.75. The number of benzene rings is 1. The van der Waals surface area contributed by atoms with Gasteiger partial charge in [-0.25, -0.2) is 4.99 Å². The summed E-state index contributed by atoms with van der Waals surface area (Å²) >= 11 is 0. The number of rotatable bonds is 1. The Bertz CT molecular complexity index is 628. The third kappa shape index (κ3) is 1.69. The van der Waals surface area contributed by atoms with Gasteiger partial charge in [-0.3, -0.25) is 9.89 Å². The maximum atomic E-state index is 11.8. The van der Waals surface area contributed by atoms with E-state index in [4.69, 9.17) is 0 Å². The molecule has 3 rings (SSSR count). The van der Waals surface area contributed by atoms with Crippen LogP contribution in [0, 0.1) is 6.92 Å². The first-order valence-corrected chi connectivity index (χ1v) is 5.72. The number of amides is 1. The molecule has 0 aliphatic carbocycles. The Morgan fingerprint density at radius 2 is 2.00 bits per heavy atom. The molecule has 0 unspecified atom stereocenters. The minimum absolute atomic E-state index is 0.191. The van der Waals surface area contributed by atoms with Crippen LogP contribution >= 0.6 is 0 Å². The van der Waals surface area contributed by atoms with E-state index < -0.39 is 0 Å². The molecule has 0 spiro atoms. The molecule has 0 fully saturated rings. The van der Waals surface area contributed by atoms with Gasteiger partial charge in [-0.1, -0.05) is 30.3 Å². The number of aromatic amines is 1. The fourth-order valence-electron chi connectivity index (χ4n) is 1.94. The Morgan fingerprint density at radius 3 is 2.78 bits per heavy atom. The van der Waals surface area contributed by atoms with Crippen LogP contribution in [0.15, 0.2) is 35.3 Å². The summed E-state index contributed by atoms with van der Waals surface area (Å²) in [5.41, 5.74) is 3.64. The zero-order chi connectivity index (χ0) is 12.5. The van der Waals surface area contributed by atoms with Crippen molar-refractivity contribution in [1.82, 2.24) is 15.5 Å². The number of aliphatic imine (C=N–C) groups is 1. The molecule has 90 valence electrons. The Labute approximate surface area is 104 Å². The lowest BCUT2D eigenvalue weighted by Crippen LogP contribution is -2.28. The van der Waals surface area contributed by atoms with Gasteiger partial charge in [0.15, 0.2) is 5.69 Å². The number of hydrogen-bond acceptors (Lipinski definition) is 3. The lowest BCUT2D eigenvalue weighted by atomic mass is 10.1. The van der Waals surface area contributed by atoms with Crippen molar-refractivity contribution in [1.29, 1.82) is 0 Å². The number of aryl methyl sites for hydroxylation is 1. The predicted molar refractivity (Wildman–Crippen MR) is 68.3 cm³/mol. The van der Waals surface area contributed by atoms with Gasteiger partial charge in [0.1, 0.15) is 5.69 Å². The summed E-state index contributed by atoms with van der Waals surface area (Å²) in [6, 6.07) is 9.81. The van der Waals surface area contributed by atoms with E-state index in [9.17, 15) is 4.79 Å². The Morgan fingerprint density at radius 1 is 1.22 bits per heavy atom. The lowest BCUT2D eigenvalue weighted by Gasteiger charge is -2.04. The van der Waals surface area contributed by atoms with Gasteiger partial charge in [0.25, 0.3) is 5.91 Å². The third-order valence-electron chi connectivity index (χ3n) is 2.90. The molecule has 5 heteroatoms. The van der Waals surface area contributed by atoms with E-state index in [0.717, 1.165) is 17.0 Å². The van der Waals surface area contributed by atoms with E-state index in [2.05, 4.69) is 20.5 Å². The zero-order valence-electron chi connectivity index (χ0n) is 9.90. The molecule has 0 radical (unpaired) electrons. The molecule has 18 heavy (non-hydrogen) atoms. The van der Waals surface area contributed by atoms with E-state index in [1.54, 1.807) is 0 Å². The van der Waals surface area contributed by atoms with Crippen LogP contribution in [0.25, 0.3) is 0 Å². The molecule has 2 aromatic rings. The summed E-state index contributed by atoms with van der Waals surface area (Å²) in [7, 11) is 0. The van der Waals surface area contributed by atoms with E-state index in [1.165, 1.54) is 0 Å². The maximum Gasteiger partial charge on any atom is 0.274 e. The second kappa shape index (κ2) is 4.10. The first-order valence-electron chi connectivity index (χ1n) is 5.72. The molecule has 1 aromatic heterocycles. The number of H-pyrrole nitrogens is 1. The van der Waals surface area contributed by atoms with Gasteiger partial charge in [-0.15, -0.1) is 0 Å². The van der Waals surface area contributed by atoms with E-state index >= 15 is 0 Å². The van der Waals surface area contributed by atoms with Crippen molar-refractivity contribution >= 4 is 17.3 Å². The van der Waals surface area contributed by atoms with Crippen molar-refractivity contribution < 1.29 is 4.79 Å². The van der Waals surface area contributed by atoms with Gasteiger partial charge in [-0.2, -0.15) is 5.10 Å². The van der Waals surface area contributed by atoms with Gasteiger partial charge in [0.2, 0.25) is 0 Å². The molecular formula is C13H12N4O. The fourth-order valence-corrected chi connectivity index (χ4v) is 1.94. The SMILES string of the molecule is Cc1[nH]nc2c1N=C(c1ccccc1)CNC2=O. The number of carbonyl (C=O) groups excluding carboxylic acids is 1. The average Bonchev–Trinajstić information content (AvgIpc) is 2.67. The maximum absolute atomic E-state index is 11.8. The largest absolute Gasteiger partial charge is 0.345 e. The summed E-state index contributed by atoms with van der Waals surface area (Å²) in [5, 5.41) is 9.58. The van der Waals surface area contributed by atoms with Crippen LogP contribution in [0.4, 0.5) is 5.69 Å². The van der Waals surface area contributed by atoms with Crippen LogP contribution in [0.3, 0.4) is 0 Å². The molecule has 1 aromatic carbocycles.